The molecular weight excluding hydrogens is 573 g/mol. The quantitative estimate of drug-likeness (QED) is 0.359. The van der Waals surface area contributed by atoms with E-state index in [0.717, 1.165) is 12.4 Å². The van der Waals surface area contributed by atoms with Crippen LogP contribution in [0.2, 0.25) is 0 Å². The van der Waals surface area contributed by atoms with Gasteiger partial charge in [0.05, 0.1) is 58.6 Å². The average molecular weight is 608 g/mol. The zero-order valence-electron chi connectivity index (χ0n) is 23.8. The highest BCUT2D eigenvalue weighted by molar-refractivity contribution is 7.93. The molecule has 228 valence electrons. The lowest BCUT2D eigenvalue weighted by molar-refractivity contribution is -0.0941. The summed E-state index contributed by atoms with van der Waals surface area (Å²) in [6, 6.07) is 5.18. The first kappa shape index (κ1) is 29.9. The second-order valence-electron chi connectivity index (χ2n) is 10.1. The lowest BCUT2D eigenvalue weighted by Gasteiger charge is -2.37. The molecule has 0 saturated carbocycles. The fourth-order valence-corrected chi connectivity index (χ4v) is 6.44. The summed E-state index contributed by atoms with van der Waals surface area (Å²) in [7, 11) is -1.13. The van der Waals surface area contributed by atoms with E-state index in [-0.39, 0.29) is 37.6 Å². The van der Waals surface area contributed by atoms with Gasteiger partial charge in [-0.25, -0.2) is 22.8 Å². The molecule has 0 radical (unpaired) electrons. The van der Waals surface area contributed by atoms with E-state index in [1.54, 1.807) is 23.1 Å². The Morgan fingerprint density at radius 1 is 1.07 bits per heavy atom. The van der Waals surface area contributed by atoms with E-state index in [9.17, 15) is 12.8 Å². The number of aromatic nitrogens is 5. The minimum atomic E-state index is -4.12. The van der Waals surface area contributed by atoms with Gasteiger partial charge in [-0.1, -0.05) is 6.07 Å². The van der Waals surface area contributed by atoms with Crippen LogP contribution in [-0.2, 0) is 24.2 Å². The first-order valence-corrected chi connectivity index (χ1v) is 15.0. The number of piperidine rings is 1. The molecule has 2 aromatic heterocycles. The Morgan fingerprint density at radius 3 is 2.40 bits per heavy atom. The summed E-state index contributed by atoms with van der Waals surface area (Å²) in [5.41, 5.74) is 0.389. The van der Waals surface area contributed by atoms with Crippen molar-refractivity contribution in [3.8, 4) is 17.2 Å². The molecule has 2 fully saturated rings. The van der Waals surface area contributed by atoms with Crippen molar-refractivity contribution in [2.75, 3.05) is 56.8 Å². The van der Waals surface area contributed by atoms with E-state index in [0.29, 0.717) is 42.8 Å². The van der Waals surface area contributed by atoms with Crippen LogP contribution >= 0.6 is 0 Å². The first-order chi connectivity index (χ1) is 20.2. The fourth-order valence-electron chi connectivity index (χ4n) is 5.04. The highest BCUT2D eigenvalue weighted by atomic mass is 32.2. The number of ether oxygens (including phenoxy) is 5. The van der Waals surface area contributed by atoms with Crippen molar-refractivity contribution < 1.29 is 36.5 Å². The van der Waals surface area contributed by atoms with E-state index in [1.165, 1.54) is 18.8 Å². The summed E-state index contributed by atoms with van der Waals surface area (Å²) >= 11 is 0. The van der Waals surface area contributed by atoms with Crippen molar-refractivity contribution in [3.63, 3.8) is 0 Å². The summed E-state index contributed by atoms with van der Waals surface area (Å²) in [6.07, 6.45) is 1.05. The Kier molecular flexibility index (Phi) is 9.05. The van der Waals surface area contributed by atoms with Crippen LogP contribution in [0.1, 0.15) is 32.2 Å². The number of sulfonamides is 1. The maximum Gasteiger partial charge on any atom is 0.243 e. The summed E-state index contributed by atoms with van der Waals surface area (Å²) in [4.78, 5) is 9.78. The zero-order valence-corrected chi connectivity index (χ0v) is 24.6. The Labute approximate surface area is 243 Å². The maximum atomic E-state index is 14.0. The molecule has 0 amide bonds. The predicted molar refractivity (Wildman–Crippen MR) is 149 cm³/mol. The van der Waals surface area contributed by atoms with Crippen LogP contribution < -0.4 is 19.1 Å². The normalized spacial score (nSPS) is 21.4. The monoisotopic (exact) mass is 607 g/mol. The van der Waals surface area contributed by atoms with Crippen LogP contribution in [0.4, 0.5) is 16.3 Å². The van der Waals surface area contributed by atoms with Crippen molar-refractivity contribution in [1.29, 1.82) is 0 Å². The molecule has 4 heterocycles. The number of nitrogens with one attached hydrogen (secondary N) is 1. The van der Waals surface area contributed by atoms with Crippen LogP contribution in [0.5, 0.6) is 11.5 Å². The summed E-state index contributed by atoms with van der Waals surface area (Å²) in [5.74, 6) is 0.628. The van der Waals surface area contributed by atoms with Crippen LogP contribution in [0.3, 0.4) is 0 Å². The molecule has 0 unspecified atom stereocenters. The maximum absolute atomic E-state index is 14.0. The zero-order chi connectivity index (χ0) is 29.9. The lowest BCUT2D eigenvalue weighted by atomic mass is 10.1. The number of para-hydroxylation sites is 1. The molecular formula is C26H34FN7O7S. The number of halogens is 1. The van der Waals surface area contributed by atoms with Gasteiger partial charge in [0.25, 0.3) is 0 Å². The molecule has 16 heteroatoms. The van der Waals surface area contributed by atoms with Crippen molar-refractivity contribution in [1.82, 2.24) is 24.7 Å². The van der Waals surface area contributed by atoms with Gasteiger partial charge in [0.2, 0.25) is 21.9 Å². The van der Waals surface area contributed by atoms with Crippen molar-refractivity contribution >= 4 is 21.9 Å². The lowest BCUT2D eigenvalue weighted by Crippen LogP contribution is -2.51. The van der Waals surface area contributed by atoms with E-state index in [2.05, 4.69) is 24.9 Å². The number of rotatable bonds is 10. The number of benzene rings is 1. The molecule has 14 nitrogen and oxygen atoms in total. The molecule has 2 saturated heterocycles. The average Bonchev–Trinajstić information content (AvgIpc) is 3.39. The minimum Gasteiger partial charge on any atom is -0.494 e. The molecule has 0 aliphatic carbocycles. The van der Waals surface area contributed by atoms with Crippen molar-refractivity contribution in [2.24, 2.45) is 0 Å². The van der Waals surface area contributed by atoms with Gasteiger partial charge in [-0.15, -0.1) is 10.2 Å². The highest BCUT2D eigenvalue weighted by Crippen LogP contribution is 2.38. The minimum absolute atomic E-state index is 0.0392. The molecule has 3 aromatic rings. The highest BCUT2D eigenvalue weighted by Gasteiger charge is 2.39. The largest absolute Gasteiger partial charge is 0.494 e. The van der Waals surface area contributed by atoms with Gasteiger partial charge in [-0.2, -0.15) is 0 Å². The van der Waals surface area contributed by atoms with Crippen LogP contribution in [0.15, 0.2) is 30.6 Å². The molecule has 5 rings (SSSR count). The molecule has 3 atom stereocenters. The third-order valence-corrected chi connectivity index (χ3v) is 8.50. The molecule has 2 aliphatic heterocycles. The Bertz CT molecular complexity index is 1440. The fraction of sp³-hybridized carbons (Fsp3) is 0.538. The van der Waals surface area contributed by atoms with Gasteiger partial charge < -0.3 is 28.6 Å². The van der Waals surface area contributed by atoms with E-state index in [4.69, 9.17) is 23.7 Å². The number of anilines is 2. The van der Waals surface area contributed by atoms with E-state index >= 15 is 0 Å². The Balaban J connectivity index is 1.53. The number of hydrogen-bond acceptors (Lipinski definition) is 12. The molecule has 0 bridgehead atoms. The van der Waals surface area contributed by atoms with E-state index < -0.39 is 33.3 Å². The van der Waals surface area contributed by atoms with Gasteiger partial charge >= 0.3 is 0 Å². The molecule has 1 aromatic carbocycles. The SMILES string of the molecule is COc1cccc(OC)c1-n1c(NS(=O)(=O)[C@@H]2C[C@H](OC(C)C)CN(c3ncc(F)cn3)C2)nnc1[C@H]1COCCO1. The number of nitrogens with zero attached hydrogens (tertiary/aromatic N) is 6. The van der Waals surface area contributed by atoms with Gasteiger partial charge in [-0.05, 0) is 32.4 Å². The van der Waals surface area contributed by atoms with Crippen LogP contribution in [-0.4, -0.2) is 97.7 Å². The van der Waals surface area contributed by atoms with Gasteiger partial charge in [-0.3, -0.25) is 9.29 Å². The number of hydrogen-bond donors (Lipinski definition) is 1. The summed E-state index contributed by atoms with van der Waals surface area (Å²) in [5, 5.41) is 7.55. The van der Waals surface area contributed by atoms with E-state index in [1.807, 2.05) is 13.8 Å². The molecule has 0 spiro atoms. The van der Waals surface area contributed by atoms with Gasteiger partial charge in [0.15, 0.2) is 11.6 Å². The summed E-state index contributed by atoms with van der Waals surface area (Å²) < 4.78 is 74.4. The van der Waals surface area contributed by atoms with Gasteiger partial charge in [0, 0.05) is 13.1 Å². The van der Waals surface area contributed by atoms with Gasteiger partial charge in [0.1, 0.15) is 28.5 Å². The topological polar surface area (TPSA) is 152 Å². The third-order valence-electron chi connectivity index (χ3n) is 6.82. The Hall–Kier alpha value is -3.60. The standard InChI is InChI=1S/C26H34FN7O7S/c1-16(2)41-18-10-19(14-33(13-18)25-28-11-17(27)12-29-25)42(35,36)32-26-31-30-24(22-15-39-8-9-40-22)34(26)23-20(37-3)6-5-7-21(23)38-4/h5-7,11-12,16,18-19,22H,8-10,13-15H2,1-4H3,(H,31,32)/t18-,19+,22+/m0/s1. The second-order valence-corrected chi connectivity index (χ2v) is 12.0. The number of methoxy groups -OCH3 is 2. The van der Waals surface area contributed by atoms with Crippen LogP contribution in [0, 0.1) is 5.82 Å². The first-order valence-electron chi connectivity index (χ1n) is 13.5. The second kappa shape index (κ2) is 12.7. The van der Waals surface area contributed by atoms with Crippen LogP contribution in [0.25, 0.3) is 5.69 Å². The van der Waals surface area contributed by atoms with Crippen molar-refractivity contribution in [2.45, 2.75) is 43.8 Å². The molecule has 1 N–H and O–H groups in total. The predicted octanol–water partition coefficient (Wildman–Crippen LogP) is 2.12. The molecule has 42 heavy (non-hydrogen) atoms. The third kappa shape index (κ3) is 6.40. The Morgan fingerprint density at radius 2 is 1.79 bits per heavy atom. The smallest absolute Gasteiger partial charge is 0.243 e. The summed E-state index contributed by atoms with van der Waals surface area (Å²) in [6.45, 7) is 5.09. The van der Waals surface area contributed by atoms with Crippen molar-refractivity contribution in [3.05, 3.63) is 42.2 Å². The molecule has 2 aliphatic rings.